The van der Waals surface area contributed by atoms with Crippen LogP contribution in [0.2, 0.25) is 0 Å². The summed E-state index contributed by atoms with van der Waals surface area (Å²) in [5.41, 5.74) is 7.71. The van der Waals surface area contributed by atoms with Crippen LogP contribution < -0.4 is 20.5 Å². The lowest BCUT2D eigenvalue weighted by Crippen LogP contribution is -2.25. The van der Waals surface area contributed by atoms with Crippen molar-refractivity contribution in [3.05, 3.63) is 59.7 Å². The molecule has 0 saturated carbocycles. The number of nitrogens with two attached hydrogens (primary N) is 1. The molecule has 6 heteroatoms. The second kappa shape index (κ2) is 11.4. The summed E-state index contributed by atoms with van der Waals surface area (Å²) in [5, 5.41) is 2.89. The van der Waals surface area contributed by atoms with Crippen LogP contribution in [0, 0.1) is 0 Å². The summed E-state index contributed by atoms with van der Waals surface area (Å²) < 4.78 is 11.2. The van der Waals surface area contributed by atoms with Gasteiger partial charge < -0.3 is 20.5 Å². The standard InChI is InChI=1S/C20H26N2O3.ClH/c1-15(21)8-11-20(23)22-13-17-9-10-18(19(12-17)24-2)25-14-16-6-4-3-5-7-16;/h3-7,9-10,12,15H,8,11,13-14,21H2,1-2H3,(H,22,23);1H. The molecule has 0 aromatic heterocycles. The fourth-order valence-electron chi connectivity index (χ4n) is 2.32. The fraction of sp³-hybridized carbons (Fsp3) is 0.350. The number of carbonyl (C=O) groups excluding carboxylic acids is 1. The summed E-state index contributed by atoms with van der Waals surface area (Å²) in [5.74, 6) is 1.33. The van der Waals surface area contributed by atoms with Gasteiger partial charge in [0.1, 0.15) is 6.61 Å². The molecular formula is C20H27ClN2O3. The highest BCUT2D eigenvalue weighted by molar-refractivity contribution is 5.85. The highest BCUT2D eigenvalue weighted by atomic mass is 35.5. The maximum atomic E-state index is 11.8. The van der Waals surface area contributed by atoms with Crippen molar-refractivity contribution in [3.63, 3.8) is 0 Å². The predicted octanol–water partition coefficient (Wildman–Crippen LogP) is 3.44. The number of ether oxygens (including phenoxy) is 2. The lowest BCUT2D eigenvalue weighted by atomic mass is 10.1. The van der Waals surface area contributed by atoms with E-state index in [-0.39, 0.29) is 24.4 Å². The van der Waals surface area contributed by atoms with Crippen molar-refractivity contribution < 1.29 is 14.3 Å². The average Bonchev–Trinajstić information content (AvgIpc) is 2.64. The van der Waals surface area contributed by atoms with Crippen LogP contribution in [-0.2, 0) is 17.9 Å². The SMILES string of the molecule is COc1cc(CNC(=O)CCC(C)N)ccc1OCc1ccccc1.Cl. The Morgan fingerprint density at radius 1 is 1.12 bits per heavy atom. The van der Waals surface area contributed by atoms with Gasteiger partial charge in [0.15, 0.2) is 11.5 Å². The van der Waals surface area contributed by atoms with Gasteiger partial charge in [0.25, 0.3) is 0 Å². The third-order valence-corrected chi connectivity index (χ3v) is 3.78. The second-order valence-corrected chi connectivity index (χ2v) is 6.05. The predicted molar refractivity (Wildman–Crippen MR) is 106 cm³/mol. The van der Waals surface area contributed by atoms with E-state index in [1.165, 1.54) is 0 Å². The monoisotopic (exact) mass is 378 g/mol. The number of carbonyl (C=O) groups is 1. The number of nitrogens with one attached hydrogen (secondary N) is 1. The minimum absolute atomic E-state index is 0. The molecule has 2 rings (SSSR count). The summed E-state index contributed by atoms with van der Waals surface area (Å²) in [6, 6.07) is 15.7. The van der Waals surface area contributed by atoms with E-state index in [1.54, 1.807) is 7.11 Å². The quantitative estimate of drug-likeness (QED) is 0.701. The Labute approximate surface area is 161 Å². The number of hydrogen-bond acceptors (Lipinski definition) is 4. The van der Waals surface area contributed by atoms with Gasteiger partial charge in [0.2, 0.25) is 5.91 Å². The Morgan fingerprint density at radius 3 is 2.50 bits per heavy atom. The zero-order valence-electron chi connectivity index (χ0n) is 15.2. The van der Waals surface area contributed by atoms with E-state index in [0.717, 1.165) is 11.1 Å². The first-order chi connectivity index (χ1) is 12.1. The van der Waals surface area contributed by atoms with Gasteiger partial charge >= 0.3 is 0 Å². The Hall–Kier alpha value is -2.24. The van der Waals surface area contributed by atoms with E-state index in [9.17, 15) is 4.79 Å². The minimum atomic E-state index is 0. The van der Waals surface area contributed by atoms with Gasteiger partial charge in [-0.1, -0.05) is 36.4 Å². The van der Waals surface area contributed by atoms with E-state index in [0.29, 0.717) is 37.5 Å². The van der Waals surface area contributed by atoms with Crippen LogP contribution in [-0.4, -0.2) is 19.1 Å². The Bertz CT molecular complexity index is 678. The van der Waals surface area contributed by atoms with E-state index < -0.39 is 0 Å². The van der Waals surface area contributed by atoms with Gasteiger partial charge in [0, 0.05) is 19.0 Å². The number of rotatable bonds is 9. The molecule has 0 fully saturated rings. The van der Waals surface area contributed by atoms with Crippen LogP contribution >= 0.6 is 12.4 Å². The Kier molecular flexibility index (Phi) is 9.55. The van der Waals surface area contributed by atoms with Crippen LogP contribution in [0.3, 0.4) is 0 Å². The van der Waals surface area contributed by atoms with Crippen molar-refractivity contribution in [2.45, 2.75) is 39.0 Å². The molecule has 0 saturated heterocycles. The van der Waals surface area contributed by atoms with Gasteiger partial charge in [-0.2, -0.15) is 0 Å². The van der Waals surface area contributed by atoms with Gasteiger partial charge in [0.05, 0.1) is 7.11 Å². The van der Waals surface area contributed by atoms with Gasteiger partial charge in [-0.25, -0.2) is 0 Å². The van der Waals surface area contributed by atoms with Crippen LogP contribution in [0.1, 0.15) is 30.9 Å². The van der Waals surface area contributed by atoms with Crippen molar-refractivity contribution in [2.75, 3.05) is 7.11 Å². The fourth-order valence-corrected chi connectivity index (χ4v) is 2.32. The summed E-state index contributed by atoms with van der Waals surface area (Å²) in [7, 11) is 1.61. The van der Waals surface area contributed by atoms with E-state index in [4.69, 9.17) is 15.2 Å². The third-order valence-electron chi connectivity index (χ3n) is 3.78. The molecule has 2 aromatic rings. The molecule has 1 unspecified atom stereocenters. The van der Waals surface area contributed by atoms with Gasteiger partial charge in [-0.15, -0.1) is 12.4 Å². The molecule has 0 radical (unpaired) electrons. The third kappa shape index (κ3) is 7.33. The van der Waals surface area contributed by atoms with Crippen molar-refractivity contribution in [1.29, 1.82) is 0 Å². The van der Waals surface area contributed by atoms with Crippen LogP contribution in [0.25, 0.3) is 0 Å². The molecule has 0 bridgehead atoms. The maximum absolute atomic E-state index is 11.8. The molecule has 0 aliphatic heterocycles. The van der Waals surface area contributed by atoms with Gasteiger partial charge in [-0.05, 0) is 36.6 Å². The summed E-state index contributed by atoms with van der Waals surface area (Å²) in [6.45, 7) is 2.82. The molecule has 0 aliphatic carbocycles. The molecule has 0 spiro atoms. The largest absolute Gasteiger partial charge is 0.493 e. The summed E-state index contributed by atoms with van der Waals surface area (Å²) >= 11 is 0. The van der Waals surface area contributed by atoms with Gasteiger partial charge in [-0.3, -0.25) is 4.79 Å². The summed E-state index contributed by atoms with van der Waals surface area (Å²) in [6.07, 6.45) is 1.12. The topological polar surface area (TPSA) is 73.6 Å². The van der Waals surface area contributed by atoms with Crippen molar-refractivity contribution in [2.24, 2.45) is 5.73 Å². The second-order valence-electron chi connectivity index (χ2n) is 6.05. The first-order valence-corrected chi connectivity index (χ1v) is 8.44. The molecule has 1 atom stereocenters. The number of amides is 1. The normalized spacial score (nSPS) is 11.2. The average molecular weight is 379 g/mol. The molecule has 142 valence electrons. The smallest absolute Gasteiger partial charge is 0.220 e. The molecular weight excluding hydrogens is 352 g/mol. The number of hydrogen-bond donors (Lipinski definition) is 2. The molecule has 0 heterocycles. The number of halogens is 1. The van der Waals surface area contributed by atoms with Crippen molar-refractivity contribution >= 4 is 18.3 Å². The zero-order chi connectivity index (χ0) is 18.1. The van der Waals surface area contributed by atoms with Crippen molar-refractivity contribution in [1.82, 2.24) is 5.32 Å². The Balaban J connectivity index is 0.00000338. The van der Waals surface area contributed by atoms with E-state index in [1.807, 2.05) is 55.5 Å². The number of benzene rings is 2. The summed E-state index contributed by atoms with van der Waals surface area (Å²) in [4.78, 5) is 11.8. The maximum Gasteiger partial charge on any atom is 0.220 e. The van der Waals surface area contributed by atoms with Crippen molar-refractivity contribution in [3.8, 4) is 11.5 Å². The van der Waals surface area contributed by atoms with Crippen LogP contribution in [0.5, 0.6) is 11.5 Å². The highest BCUT2D eigenvalue weighted by Gasteiger charge is 2.08. The lowest BCUT2D eigenvalue weighted by molar-refractivity contribution is -0.121. The molecule has 5 nitrogen and oxygen atoms in total. The van der Waals surface area contributed by atoms with Crippen LogP contribution in [0.4, 0.5) is 0 Å². The molecule has 2 aromatic carbocycles. The number of methoxy groups -OCH3 is 1. The molecule has 1 amide bonds. The molecule has 3 N–H and O–H groups in total. The molecule has 0 aliphatic rings. The van der Waals surface area contributed by atoms with E-state index in [2.05, 4.69) is 5.32 Å². The van der Waals surface area contributed by atoms with E-state index >= 15 is 0 Å². The Morgan fingerprint density at radius 2 is 1.85 bits per heavy atom. The first-order valence-electron chi connectivity index (χ1n) is 8.44. The zero-order valence-corrected chi connectivity index (χ0v) is 16.1. The first kappa shape index (κ1) is 21.8. The lowest BCUT2D eigenvalue weighted by Gasteiger charge is -2.13. The van der Waals surface area contributed by atoms with Crippen LogP contribution in [0.15, 0.2) is 48.5 Å². The highest BCUT2D eigenvalue weighted by Crippen LogP contribution is 2.28. The molecule has 26 heavy (non-hydrogen) atoms. The minimum Gasteiger partial charge on any atom is -0.493 e.